The van der Waals surface area contributed by atoms with Gasteiger partial charge in [0.15, 0.2) is 0 Å². The highest BCUT2D eigenvalue weighted by Gasteiger charge is 2.56. The van der Waals surface area contributed by atoms with E-state index in [1.165, 1.54) is 6.08 Å². The van der Waals surface area contributed by atoms with Crippen molar-refractivity contribution in [1.29, 1.82) is 0 Å². The number of likely N-dealkylation sites (tertiary alicyclic amines) is 1. The number of rotatable bonds is 10. The molecule has 4 saturated heterocycles. The molecular weight excluding hydrogens is 550 g/mol. The fourth-order valence-electron chi connectivity index (χ4n) is 6.42. The molecule has 0 aromatic carbocycles. The summed E-state index contributed by atoms with van der Waals surface area (Å²) >= 11 is 0. The number of carbonyl (C=O) groups excluding carboxylic acids is 3. The van der Waals surface area contributed by atoms with Gasteiger partial charge in [0.25, 0.3) is 0 Å². The summed E-state index contributed by atoms with van der Waals surface area (Å²) in [5, 5.41) is 3.06. The molecule has 3 amide bonds. The molecule has 4 fully saturated rings. The van der Waals surface area contributed by atoms with Crippen molar-refractivity contribution in [3.05, 3.63) is 36.0 Å². The summed E-state index contributed by atoms with van der Waals surface area (Å²) in [5.41, 5.74) is 6.33. The Morgan fingerprint density at radius 2 is 1.84 bits per heavy atom. The minimum Gasteiger partial charge on any atom is -0.442 e. The van der Waals surface area contributed by atoms with Crippen molar-refractivity contribution in [1.82, 2.24) is 10.2 Å². The van der Waals surface area contributed by atoms with E-state index in [1.54, 1.807) is 17.9 Å². The van der Waals surface area contributed by atoms with Gasteiger partial charge in [0.05, 0.1) is 49.1 Å². The molecule has 10 nitrogen and oxygen atoms in total. The van der Waals surface area contributed by atoms with Gasteiger partial charge in [-0.25, -0.2) is 4.79 Å². The second-order valence-corrected chi connectivity index (χ2v) is 13.0. The van der Waals surface area contributed by atoms with Crippen LogP contribution in [-0.2, 0) is 28.5 Å². The zero-order valence-corrected chi connectivity index (χ0v) is 26.5. The highest BCUT2D eigenvalue weighted by atomic mass is 16.6. The molecule has 0 aliphatic carbocycles. The van der Waals surface area contributed by atoms with Gasteiger partial charge in [-0.1, -0.05) is 37.6 Å². The maximum absolute atomic E-state index is 12.6. The molecule has 0 saturated carbocycles. The molecule has 4 aliphatic heterocycles. The molecule has 240 valence electrons. The third-order valence-electron chi connectivity index (χ3n) is 9.37. The van der Waals surface area contributed by atoms with Crippen molar-refractivity contribution in [2.45, 2.75) is 122 Å². The number of amides is 3. The van der Waals surface area contributed by atoms with Gasteiger partial charge in [0.2, 0.25) is 11.8 Å². The molecule has 0 radical (unpaired) electrons. The van der Waals surface area contributed by atoms with Crippen LogP contribution in [0.15, 0.2) is 36.0 Å². The van der Waals surface area contributed by atoms with E-state index >= 15 is 0 Å². The molecule has 9 atom stereocenters. The van der Waals surface area contributed by atoms with E-state index in [4.69, 9.17) is 24.7 Å². The predicted octanol–water partition coefficient (Wildman–Crippen LogP) is 4.18. The van der Waals surface area contributed by atoms with E-state index < -0.39 is 6.10 Å². The summed E-state index contributed by atoms with van der Waals surface area (Å²) in [4.78, 5) is 38.1. The fraction of sp³-hybridized carbons (Fsp3) is 0.727. The molecule has 43 heavy (non-hydrogen) atoms. The predicted molar refractivity (Wildman–Crippen MR) is 163 cm³/mol. The monoisotopic (exact) mass is 601 g/mol. The van der Waals surface area contributed by atoms with Gasteiger partial charge in [0.1, 0.15) is 6.10 Å². The van der Waals surface area contributed by atoms with E-state index in [1.807, 2.05) is 6.92 Å². The summed E-state index contributed by atoms with van der Waals surface area (Å²) in [6.45, 7) is 12.3. The zero-order valence-electron chi connectivity index (χ0n) is 26.5. The van der Waals surface area contributed by atoms with Crippen LogP contribution in [0.5, 0.6) is 0 Å². The maximum atomic E-state index is 12.6. The van der Waals surface area contributed by atoms with Gasteiger partial charge in [-0.3, -0.25) is 9.59 Å². The van der Waals surface area contributed by atoms with Crippen LogP contribution >= 0.6 is 0 Å². The lowest BCUT2D eigenvalue weighted by Gasteiger charge is -2.39. The van der Waals surface area contributed by atoms with Crippen molar-refractivity contribution in [3.63, 3.8) is 0 Å². The second-order valence-electron chi connectivity index (χ2n) is 13.0. The van der Waals surface area contributed by atoms with Gasteiger partial charge in [0, 0.05) is 31.5 Å². The lowest BCUT2D eigenvalue weighted by atomic mass is 9.81. The molecule has 9 unspecified atom stereocenters. The first-order valence-electron chi connectivity index (χ1n) is 16.0. The molecule has 4 heterocycles. The third kappa shape index (κ3) is 9.40. The van der Waals surface area contributed by atoms with Crippen LogP contribution < -0.4 is 11.1 Å². The summed E-state index contributed by atoms with van der Waals surface area (Å²) in [5.74, 6) is -0.124. The van der Waals surface area contributed by atoms with Gasteiger partial charge < -0.3 is 34.9 Å². The zero-order chi connectivity index (χ0) is 31.1. The van der Waals surface area contributed by atoms with Crippen LogP contribution in [0.2, 0.25) is 0 Å². The SMILES string of the molecule is CC(C=CC1OC(CC(N)=O)CC2(CO2)C1C)=CCC1OC(C)C(NC(=O)C=CC(C)OC(=O)N2CCCCC2)CC1C. The second kappa shape index (κ2) is 14.9. The molecule has 10 heteroatoms. The van der Waals surface area contributed by atoms with Gasteiger partial charge >= 0.3 is 6.09 Å². The first-order valence-corrected chi connectivity index (χ1v) is 16.0. The van der Waals surface area contributed by atoms with Crippen molar-refractivity contribution in [2.24, 2.45) is 17.6 Å². The Kier molecular flexibility index (Phi) is 11.5. The number of nitrogens with two attached hydrogens (primary N) is 1. The minimum absolute atomic E-state index is 0.0456. The van der Waals surface area contributed by atoms with E-state index in [2.05, 4.69) is 44.3 Å². The molecule has 1 spiro atoms. The first kappa shape index (κ1) is 33.2. The number of allylic oxidation sites excluding steroid dienone is 2. The van der Waals surface area contributed by atoms with Crippen LogP contribution in [-0.4, -0.2) is 84.7 Å². The topological polar surface area (TPSA) is 133 Å². The quantitative estimate of drug-likeness (QED) is 0.218. The first-order chi connectivity index (χ1) is 20.5. The highest BCUT2D eigenvalue weighted by Crippen LogP contribution is 2.47. The number of piperidine rings is 1. The molecule has 0 aromatic rings. The Morgan fingerprint density at radius 1 is 1.12 bits per heavy atom. The normalized spacial score (nSPS) is 35.7. The molecule has 4 aliphatic rings. The van der Waals surface area contributed by atoms with E-state index in [0.717, 1.165) is 50.8 Å². The standard InChI is InChI=1S/C33H51N3O7/c1-21(10-13-29-24(4)33(20-40-33)19-26(43-29)18-30(34)37)9-12-28-22(2)17-27(25(5)42-28)35-31(38)14-11-23(3)41-32(39)36-15-7-6-8-16-36/h9-11,13-14,22-29H,6-8,12,15-20H2,1-5H3,(H2,34,37)(H,35,38). The number of epoxide rings is 1. The Labute approximate surface area is 256 Å². The molecular formula is C33H51N3O7. The fourth-order valence-corrected chi connectivity index (χ4v) is 6.42. The van der Waals surface area contributed by atoms with E-state index in [-0.39, 0.29) is 72.2 Å². The maximum Gasteiger partial charge on any atom is 0.410 e. The van der Waals surface area contributed by atoms with Crippen LogP contribution in [0.25, 0.3) is 0 Å². The number of primary amides is 1. The van der Waals surface area contributed by atoms with Crippen LogP contribution in [0, 0.1) is 11.8 Å². The molecule has 0 aromatic heterocycles. The van der Waals surface area contributed by atoms with E-state index in [9.17, 15) is 14.4 Å². The van der Waals surface area contributed by atoms with Gasteiger partial charge in [-0.05, 0) is 64.9 Å². The number of nitrogens with zero attached hydrogens (tertiary/aromatic N) is 1. The third-order valence-corrected chi connectivity index (χ3v) is 9.37. The number of nitrogens with one attached hydrogen (secondary N) is 1. The largest absolute Gasteiger partial charge is 0.442 e. The van der Waals surface area contributed by atoms with Gasteiger partial charge in [-0.15, -0.1) is 0 Å². The lowest BCUT2D eigenvalue weighted by molar-refractivity contribution is -0.128. The van der Waals surface area contributed by atoms with Crippen molar-refractivity contribution < 1.29 is 33.3 Å². The van der Waals surface area contributed by atoms with Crippen molar-refractivity contribution in [3.8, 4) is 0 Å². The average molecular weight is 602 g/mol. The summed E-state index contributed by atoms with van der Waals surface area (Å²) in [6, 6.07) is -0.102. The Morgan fingerprint density at radius 3 is 2.51 bits per heavy atom. The lowest BCUT2D eigenvalue weighted by Crippen LogP contribution is -2.50. The Hall–Kier alpha value is -2.69. The smallest absolute Gasteiger partial charge is 0.410 e. The molecule has 4 rings (SSSR count). The number of ether oxygens (including phenoxy) is 4. The average Bonchev–Trinajstić information content (AvgIpc) is 3.74. The van der Waals surface area contributed by atoms with Crippen LogP contribution in [0.3, 0.4) is 0 Å². The Bertz CT molecular complexity index is 1080. The number of hydrogen-bond donors (Lipinski definition) is 2. The van der Waals surface area contributed by atoms with Crippen molar-refractivity contribution >= 4 is 17.9 Å². The molecule has 3 N–H and O–H groups in total. The summed E-state index contributed by atoms with van der Waals surface area (Å²) in [7, 11) is 0. The number of hydrogen-bond acceptors (Lipinski definition) is 7. The van der Waals surface area contributed by atoms with Crippen LogP contribution in [0.1, 0.15) is 79.6 Å². The van der Waals surface area contributed by atoms with E-state index in [0.29, 0.717) is 13.0 Å². The highest BCUT2D eigenvalue weighted by molar-refractivity contribution is 5.87. The minimum atomic E-state index is -0.486. The Balaban J connectivity index is 1.21. The van der Waals surface area contributed by atoms with Gasteiger partial charge in [-0.2, -0.15) is 0 Å². The number of carbonyl (C=O) groups is 3. The van der Waals surface area contributed by atoms with Crippen molar-refractivity contribution in [2.75, 3.05) is 19.7 Å². The molecule has 0 bridgehead atoms. The van der Waals surface area contributed by atoms with Crippen LogP contribution in [0.4, 0.5) is 4.79 Å². The summed E-state index contributed by atoms with van der Waals surface area (Å²) in [6.07, 6.45) is 13.8. The summed E-state index contributed by atoms with van der Waals surface area (Å²) < 4.78 is 23.8.